The Morgan fingerprint density at radius 3 is 2.50 bits per heavy atom. The van der Waals surface area contributed by atoms with Gasteiger partial charge < -0.3 is 9.84 Å². The molecule has 1 aromatic carbocycles. The Balaban J connectivity index is 2.75. The van der Waals surface area contributed by atoms with Crippen molar-refractivity contribution in [1.82, 2.24) is 0 Å². The number of nitro groups is 1. The van der Waals surface area contributed by atoms with E-state index >= 15 is 0 Å². The average Bonchev–Trinajstić information content (AvgIpc) is 2.35. The van der Waals surface area contributed by atoms with Crippen LogP contribution in [0.4, 0.5) is 10.1 Å². The van der Waals surface area contributed by atoms with Crippen molar-refractivity contribution in [3.05, 3.63) is 34.1 Å². The highest BCUT2D eigenvalue weighted by molar-refractivity contribution is 5.37. The zero-order valence-corrected chi connectivity index (χ0v) is 10.4. The van der Waals surface area contributed by atoms with Crippen molar-refractivity contribution in [3.63, 3.8) is 0 Å². The highest BCUT2D eigenvalue weighted by atomic mass is 19.1. The fourth-order valence-corrected chi connectivity index (χ4v) is 1.40. The fourth-order valence-electron chi connectivity index (χ4n) is 1.40. The molecule has 0 aliphatic heterocycles. The van der Waals surface area contributed by atoms with Crippen LogP contribution in [-0.2, 0) is 0 Å². The van der Waals surface area contributed by atoms with Gasteiger partial charge in [-0.15, -0.1) is 0 Å². The van der Waals surface area contributed by atoms with Crippen LogP contribution in [0.3, 0.4) is 0 Å². The van der Waals surface area contributed by atoms with E-state index in [1.165, 1.54) is 6.07 Å². The molecule has 0 atom stereocenters. The second-order valence-corrected chi connectivity index (χ2v) is 4.09. The van der Waals surface area contributed by atoms with Gasteiger partial charge >= 0.3 is 5.69 Å². The summed E-state index contributed by atoms with van der Waals surface area (Å²) < 4.78 is 18.6. The van der Waals surface area contributed by atoms with E-state index in [1.54, 1.807) is 0 Å². The zero-order chi connectivity index (χ0) is 13.8. The summed E-state index contributed by atoms with van der Waals surface area (Å²) in [5, 5.41) is 20.4. The van der Waals surface area contributed by atoms with E-state index in [2.05, 4.69) is 0 Å². The van der Waals surface area contributed by atoms with Gasteiger partial charge in [0.15, 0.2) is 0 Å². The summed E-state index contributed by atoms with van der Waals surface area (Å²) in [6.07, 6.45) is 1.03. The van der Waals surface area contributed by atoms with E-state index < -0.39 is 22.0 Å². The summed E-state index contributed by atoms with van der Waals surface area (Å²) in [6.45, 7) is 3.67. The largest absolute Gasteiger partial charge is 0.490 e. The van der Waals surface area contributed by atoms with E-state index in [4.69, 9.17) is 4.74 Å². The summed E-state index contributed by atoms with van der Waals surface area (Å²) in [5.41, 5.74) is -1.55. The van der Waals surface area contributed by atoms with Crippen LogP contribution in [0, 0.1) is 15.9 Å². The van der Waals surface area contributed by atoms with E-state index in [1.807, 2.05) is 13.8 Å². The van der Waals surface area contributed by atoms with Crippen LogP contribution < -0.4 is 4.74 Å². The van der Waals surface area contributed by atoms with Gasteiger partial charge in [0.2, 0.25) is 5.82 Å². The first-order valence-corrected chi connectivity index (χ1v) is 5.71. The van der Waals surface area contributed by atoms with Crippen molar-refractivity contribution in [1.29, 1.82) is 0 Å². The van der Waals surface area contributed by atoms with Crippen molar-refractivity contribution in [3.8, 4) is 5.75 Å². The molecule has 100 valence electrons. The van der Waals surface area contributed by atoms with Crippen LogP contribution in [-0.4, -0.2) is 22.2 Å². The molecule has 1 N–H and O–H groups in total. The molecule has 6 heteroatoms. The van der Waals surface area contributed by atoms with Gasteiger partial charge in [0, 0.05) is 12.1 Å². The molecular weight excluding hydrogens is 241 g/mol. The molecule has 0 amide bonds. The predicted molar refractivity (Wildman–Crippen MR) is 64.1 cm³/mol. The molecule has 0 heterocycles. The highest BCUT2D eigenvalue weighted by Gasteiger charge is 2.23. The first kappa shape index (κ1) is 14.4. The van der Waals surface area contributed by atoms with Crippen LogP contribution in [0.1, 0.15) is 26.7 Å². The number of nitrogens with zero attached hydrogens (tertiary/aromatic N) is 1. The first-order valence-electron chi connectivity index (χ1n) is 5.71. The van der Waals surface area contributed by atoms with Crippen LogP contribution in [0.5, 0.6) is 5.75 Å². The van der Waals surface area contributed by atoms with E-state index in [0.717, 1.165) is 12.1 Å². The second kappa shape index (κ2) is 5.77. The van der Waals surface area contributed by atoms with Crippen molar-refractivity contribution >= 4 is 5.69 Å². The smallest absolute Gasteiger partial charge is 0.305 e. The normalized spacial score (nSPS) is 11.3. The predicted octanol–water partition coefficient (Wildman–Crippen LogP) is 2.66. The van der Waals surface area contributed by atoms with Gasteiger partial charge in [-0.25, -0.2) is 0 Å². The fraction of sp³-hybridized carbons (Fsp3) is 0.500. The Labute approximate surface area is 104 Å². The van der Waals surface area contributed by atoms with Crippen molar-refractivity contribution in [2.45, 2.75) is 32.3 Å². The number of nitro benzene ring substituents is 1. The minimum Gasteiger partial charge on any atom is -0.490 e. The van der Waals surface area contributed by atoms with E-state index in [9.17, 15) is 19.6 Å². The van der Waals surface area contributed by atoms with Crippen LogP contribution in [0.2, 0.25) is 0 Å². The molecule has 0 saturated heterocycles. The van der Waals surface area contributed by atoms with Gasteiger partial charge in [-0.05, 0) is 18.9 Å². The lowest BCUT2D eigenvalue weighted by atomic mass is 9.99. The van der Waals surface area contributed by atoms with Crippen molar-refractivity contribution < 1.29 is 19.2 Å². The topological polar surface area (TPSA) is 72.6 Å². The standard InChI is InChI=1S/C12H16FNO4/c1-3-12(15,4-2)8-18-9-5-6-11(14(16)17)10(13)7-9/h5-7,15H,3-4,8H2,1-2H3. The molecule has 0 saturated carbocycles. The molecule has 0 fully saturated rings. The molecule has 0 unspecified atom stereocenters. The quantitative estimate of drug-likeness (QED) is 0.628. The number of rotatable bonds is 6. The summed E-state index contributed by atoms with van der Waals surface area (Å²) in [5.74, 6) is -0.785. The maximum absolute atomic E-state index is 13.3. The van der Waals surface area contributed by atoms with Gasteiger partial charge in [0.1, 0.15) is 12.4 Å². The third kappa shape index (κ3) is 3.40. The minimum absolute atomic E-state index is 0.0251. The maximum atomic E-state index is 13.3. The number of halogens is 1. The van der Waals surface area contributed by atoms with Crippen molar-refractivity contribution in [2.24, 2.45) is 0 Å². The average molecular weight is 257 g/mol. The summed E-state index contributed by atoms with van der Waals surface area (Å²) >= 11 is 0. The molecule has 18 heavy (non-hydrogen) atoms. The zero-order valence-electron chi connectivity index (χ0n) is 10.4. The Bertz CT molecular complexity index is 432. The Morgan fingerprint density at radius 2 is 2.06 bits per heavy atom. The minimum atomic E-state index is -0.960. The van der Waals surface area contributed by atoms with Crippen LogP contribution in [0.15, 0.2) is 18.2 Å². The first-order chi connectivity index (χ1) is 8.41. The SMILES string of the molecule is CCC(O)(CC)COc1ccc([N+](=O)[O-])c(F)c1. The highest BCUT2D eigenvalue weighted by Crippen LogP contribution is 2.24. The molecule has 5 nitrogen and oxygen atoms in total. The molecule has 0 aliphatic carbocycles. The molecule has 0 aliphatic rings. The molecule has 0 bridgehead atoms. The van der Waals surface area contributed by atoms with E-state index in [-0.39, 0.29) is 12.4 Å². The van der Waals surface area contributed by atoms with Gasteiger partial charge in [0.25, 0.3) is 0 Å². The van der Waals surface area contributed by atoms with Gasteiger partial charge in [0.05, 0.1) is 10.5 Å². The lowest BCUT2D eigenvalue weighted by molar-refractivity contribution is -0.387. The van der Waals surface area contributed by atoms with Crippen LogP contribution >= 0.6 is 0 Å². The Hall–Kier alpha value is -1.69. The molecular formula is C12H16FNO4. The van der Waals surface area contributed by atoms with Gasteiger partial charge in [-0.3, -0.25) is 10.1 Å². The number of hydrogen-bond acceptors (Lipinski definition) is 4. The molecule has 1 rings (SSSR count). The number of benzene rings is 1. The lowest BCUT2D eigenvalue weighted by Crippen LogP contribution is -2.34. The monoisotopic (exact) mass is 257 g/mol. The summed E-state index contributed by atoms with van der Waals surface area (Å²) in [6, 6.07) is 3.30. The summed E-state index contributed by atoms with van der Waals surface area (Å²) in [4.78, 5) is 9.63. The molecule has 0 aromatic heterocycles. The Morgan fingerprint density at radius 1 is 1.44 bits per heavy atom. The van der Waals surface area contributed by atoms with Gasteiger partial charge in [-0.1, -0.05) is 13.8 Å². The number of ether oxygens (including phenoxy) is 1. The van der Waals surface area contributed by atoms with Crippen molar-refractivity contribution in [2.75, 3.05) is 6.61 Å². The molecule has 0 spiro atoms. The summed E-state index contributed by atoms with van der Waals surface area (Å²) in [7, 11) is 0. The Kier molecular flexibility index (Phi) is 4.61. The number of hydrogen-bond donors (Lipinski definition) is 1. The molecule has 1 aromatic rings. The van der Waals surface area contributed by atoms with Gasteiger partial charge in [-0.2, -0.15) is 4.39 Å². The van der Waals surface area contributed by atoms with Crippen LogP contribution in [0.25, 0.3) is 0 Å². The third-order valence-corrected chi connectivity index (χ3v) is 2.94. The number of aliphatic hydroxyl groups is 1. The lowest BCUT2D eigenvalue weighted by Gasteiger charge is -2.25. The maximum Gasteiger partial charge on any atom is 0.305 e. The van der Waals surface area contributed by atoms with E-state index in [0.29, 0.717) is 12.8 Å². The second-order valence-electron chi connectivity index (χ2n) is 4.09. The molecule has 0 radical (unpaired) electrons. The third-order valence-electron chi connectivity index (χ3n) is 2.94.